The first kappa shape index (κ1) is 12.8. The summed E-state index contributed by atoms with van der Waals surface area (Å²) in [6, 6.07) is 10.8. The topological polar surface area (TPSA) is 26.3 Å². The van der Waals surface area contributed by atoms with Crippen LogP contribution in [0, 0.1) is 5.82 Å². The number of benzene rings is 2. The van der Waals surface area contributed by atoms with Gasteiger partial charge in [-0.25, -0.2) is 4.39 Å². The van der Waals surface area contributed by atoms with Crippen LogP contribution in [0.5, 0.6) is 5.75 Å². The van der Waals surface area contributed by atoms with Gasteiger partial charge in [-0.15, -0.1) is 0 Å². The highest BCUT2D eigenvalue weighted by Crippen LogP contribution is 2.26. The Hall–Kier alpha value is -1.68. The van der Waals surface area contributed by atoms with Crippen LogP contribution >= 0.6 is 15.9 Å². The van der Waals surface area contributed by atoms with Crippen molar-refractivity contribution in [3.05, 3.63) is 63.9 Å². The second kappa shape index (κ2) is 5.31. The van der Waals surface area contributed by atoms with E-state index in [0.29, 0.717) is 15.8 Å². The van der Waals surface area contributed by atoms with Crippen LogP contribution in [0.4, 0.5) is 4.39 Å². The van der Waals surface area contributed by atoms with Crippen LogP contribution in [0.15, 0.2) is 46.9 Å². The van der Waals surface area contributed by atoms with Gasteiger partial charge < -0.3 is 4.74 Å². The van der Waals surface area contributed by atoms with E-state index in [1.807, 2.05) is 0 Å². The van der Waals surface area contributed by atoms with Gasteiger partial charge in [0.1, 0.15) is 11.6 Å². The van der Waals surface area contributed by atoms with E-state index in [-0.39, 0.29) is 11.3 Å². The Bertz CT molecular complexity index is 596. The van der Waals surface area contributed by atoms with Crippen molar-refractivity contribution < 1.29 is 13.9 Å². The molecule has 2 nitrogen and oxygen atoms in total. The number of rotatable bonds is 3. The SMILES string of the molecule is COc1ccc(C(=O)c2ccccc2F)cc1Br. The van der Waals surface area contributed by atoms with Gasteiger partial charge in [-0.05, 0) is 46.3 Å². The van der Waals surface area contributed by atoms with Crippen molar-refractivity contribution in [3.8, 4) is 5.75 Å². The van der Waals surface area contributed by atoms with E-state index in [9.17, 15) is 9.18 Å². The van der Waals surface area contributed by atoms with Crippen LogP contribution in [0.2, 0.25) is 0 Å². The van der Waals surface area contributed by atoms with Crippen molar-refractivity contribution in [3.63, 3.8) is 0 Å². The Labute approximate surface area is 113 Å². The maximum absolute atomic E-state index is 13.5. The zero-order chi connectivity index (χ0) is 13.1. The number of ether oxygens (including phenoxy) is 1. The molecule has 0 aromatic heterocycles. The third kappa shape index (κ3) is 2.43. The first-order valence-electron chi connectivity index (χ1n) is 5.26. The van der Waals surface area contributed by atoms with Gasteiger partial charge in [0, 0.05) is 5.56 Å². The fourth-order valence-corrected chi connectivity index (χ4v) is 2.15. The molecule has 2 aromatic carbocycles. The van der Waals surface area contributed by atoms with Gasteiger partial charge in [0.05, 0.1) is 17.1 Å². The Morgan fingerprint density at radius 2 is 1.94 bits per heavy atom. The largest absolute Gasteiger partial charge is 0.496 e. The molecule has 18 heavy (non-hydrogen) atoms. The van der Waals surface area contributed by atoms with E-state index >= 15 is 0 Å². The van der Waals surface area contributed by atoms with Crippen LogP contribution < -0.4 is 4.74 Å². The van der Waals surface area contributed by atoms with E-state index in [1.165, 1.54) is 12.1 Å². The van der Waals surface area contributed by atoms with Crippen molar-refractivity contribution in [2.75, 3.05) is 7.11 Å². The van der Waals surface area contributed by atoms with Crippen molar-refractivity contribution in [2.24, 2.45) is 0 Å². The second-order valence-corrected chi connectivity index (χ2v) is 4.51. The van der Waals surface area contributed by atoms with Gasteiger partial charge in [-0.2, -0.15) is 0 Å². The molecule has 0 unspecified atom stereocenters. The molecular formula is C14H10BrFO2. The van der Waals surface area contributed by atoms with Gasteiger partial charge in [0.25, 0.3) is 0 Å². The summed E-state index contributed by atoms with van der Waals surface area (Å²) < 4.78 is 19.3. The van der Waals surface area contributed by atoms with Crippen molar-refractivity contribution in [1.82, 2.24) is 0 Å². The summed E-state index contributed by atoms with van der Waals surface area (Å²) in [7, 11) is 1.54. The molecule has 0 N–H and O–H groups in total. The van der Waals surface area contributed by atoms with Crippen molar-refractivity contribution in [2.45, 2.75) is 0 Å². The molecule has 0 aliphatic heterocycles. The molecule has 0 aliphatic carbocycles. The van der Waals surface area contributed by atoms with E-state index in [2.05, 4.69) is 15.9 Å². The molecular weight excluding hydrogens is 299 g/mol. The first-order valence-corrected chi connectivity index (χ1v) is 6.05. The van der Waals surface area contributed by atoms with Crippen molar-refractivity contribution in [1.29, 1.82) is 0 Å². The Morgan fingerprint density at radius 3 is 2.56 bits per heavy atom. The van der Waals surface area contributed by atoms with E-state index < -0.39 is 5.82 Å². The second-order valence-electron chi connectivity index (χ2n) is 3.66. The summed E-state index contributed by atoms with van der Waals surface area (Å²) in [6.07, 6.45) is 0. The van der Waals surface area contributed by atoms with Gasteiger partial charge in [-0.3, -0.25) is 4.79 Å². The lowest BCUT2D eigenvalue weighted by molar-refractivity contribution is 0.103. The van der Waals surface area contributed by atoms with Crippen LogP contribution in [0.1, 0.15) is 15.9 Å². The van der Waals surface area contributed by atoms with Crippen LogP contribution in [-0.4, -0.2) is 12.9 Å². The smallest absolute Gasteiger partial charge is 0.196 e. The van der Waals surface area contributed by atoms with Crippen molar-refractivity contribution >= 4 is 21.7 Å². The molecule has 2 aromatic rings. The zero-order valence-corrected chi connectivity index (χ0v) is 11.2. The Kier molecular flexibility index (Phi) is 3.77. The predicted molar refractivity (Wildman–Crippen MR) is 70.5 cm³/mol. The average Bonchev–Trinajstić information content (AvgIpc) is 2.38. The minimum absolute atomic E-state index is 0.0644. The number of carbonyl (C=O) groups excluding carboxylic acids is 1. The molecule has 0 atom stereocenters. The van der Waals surface area contributed by atoms with E-state index in [1.54, 1.807) is 37.4 Å². The van der Waals surface area contributed by atoms with Gasteiger partial charge in [0.15, 0.2) is 5.78 Å². The molecule has 0 amide bonds. The molecule has 0 heterocycles. The number of methoxy groups -OCH3 is 1. The number of halogens is 2. The number of hydrogen-bond donors (Lipinski definition) is 0. The summed E-state index contributed by atoms with van der Waals surface area (Å²) in [4.78, 5) is 12.1. The molecule has 0 spiro atoms. The highest BCUT2D eigenvalue weighted by Gasteiger charge is 2.14. The fraction of sp³-hybridized carbons (Fsp3) is 0.0714. The molecule has 0 saturated heterocycles. The molecule has 92 valence electrons. The summed E-state index contributed by atoms with van der Waals surface area (Å²) in [5, 5.41) is 0. The van der Waals surface area contributed by atoms with E-state index in [4.69, 9.17) is 4.74 Å². The summed E-state index contributed by atoms with van der Waals surface area (Å²) >= 11 is 3.30. The number of hydrogen-bond acceptors (Lipinski definition) is 2. The first-order chi connectivity index (χ1) is 8.63. The quantitative estimate of drug-likeness (QED) is 0.806. The molecule has 0 fully saturated rings. The van der Waals surface area contributed by atoms with Gasteiger partial charge in [-0.1, -0.05) is 12.1 Å². The molecule has 0 radical (unpaired) electrons. The summed E-state index contributed by atoms with van der Waals surface area (Å²) in [6.45, 7) is 0. The molecule has 2 rings (SSSR count). The van der Waals surface area contributed by atoms with Crippen LogP contribution in [0.25, 0.3) is 0 Å². The number of ketones is 1. The maximum Gasteiger partial charge on any atom is 0.196 e. The highest BCUT2D eigenvalue weighted by molar-refractivity contribution is 9.10. The molecule has 0 aliphatic rings. The maximum atomic E-state index is 13.5. The lowest BCUT2D eigenvalue weighted by atomic mass is 10.0. The lowest BCUT2D eigenvalue weighted by Gasteiger charge is -2.06. The molecule has 0 saturated carbocycles. The van der Waals surface area contributed by atoms with Crippen LogP contribution in [-0.2, 0) is 0 Å². The molecule has 4 heteroatoms. The van der Waals surface area contributed by atoms with Gasteiger partial charge in [0.2, 0.25) is 0 Å². The standard InChI is InChI=1S/C14H10BrFO2/c1-18-13-7-6-9(8-11(13)15)14(17)10-4-2-3-5-12(10)16/h2-8H,1H3. The summed E-state index contributed by atoms with van der Waals surface area (Å²) in [5.41, 5.74) is 0.474. The highest BCUT2D eigenvalue weighted by atomic mass is 79.9. The van der Waals surface area contributed by atoms with Crippen LogP contribution in [0.3, 0.4) is 0 Å². The third-order valence-electron chi connectivity index (χ3n) is 2.53. The average molecular weight is 309 g/mol. The third-order valence-corrected chi connectivity index (χ3v) is 3.15. The Morgan fingerprint density at radius 1 is 1.22 bits per heavy atom. The van der Waals surface area contributed by atoms with E-state index in [0.717, 1.165) is 0 Å². The lowest BCUT2D eigenvalue weighted by Crippen LogP contribution is -2.04. The predicted octanol–water partition coefficient (Wildman–Crippen LogP) is 3.83. The molecule has 0 bridgehead atoms. The summed E-state index contributed by atoms with van der Waals surface area (Å²) in [5.74, 6) is -0.244. The minimum atomic E-state index is -0.519. The monoisotopic (exact) mass is 308 g/mol. The normalized spacial score (nSPS) is 10.2. The number of carbonyl (C=O) groups is 1. The zero-order valence-electron chi connectivity index (χ0n) is 9.61. The Balaban J connectivity index is 2.41. The fourth-order valence-electron chi connectivity index (χ4n) is 1.61. The minimum Gasteiger partial charge on any atom is -0.496 e. The van der Waals surface area contributed by atoms with Gasteiger partial charge >= 0.3 is 0 Å².